The van der Waals surface area contributed by atoms with Crippen molar-refractivity contribution in [1.82, 2.24) is 15.1 Å². The van der Waals surface area contributed by atoms with Gasteiger partial charge in [-0.1, -0.05) is 19.9 Å². The fourth-order valence-electron chi connectivity index (χ4n) is 1.87. The van der Waals surface area contributed by atoms with Crippen LogP contribution in [0.1, 0.15) is 19.4 Å². The Bertz CT molecular complexity index is 566. The van der Waals surface area contributed by atoms with E-state index in [1.807, 2.05) is 7.05 Å². The Hall–Kier alpha value is -1.88. The normalized spacial score (nSPS) is 11.1. The van der Waals surface area contributed by atoms with Crippen molar-refractivity contribution in [3.05, 3.63) is 42.0 Å². The molecule has 1 N–H and O–H groups in total. The van der Waals surface area contributed by atoms with Gasteiger partial charge in [-0.25, -0.2) is 4.39 Å². The summed E-state index contributed by atoms with van der Waals surface area (Å²) < 4.78 is 21.3. The molecule has 0 unspecified atom stereocenters. The van der Waals surface area contributed by atoms with Gasteiger partial charge in [0.2, 0.25) is 0 Å². The van der Waals surface area contributed by atoms with Crippen molar-refractivity contribution < 1.29 is 9.13 Å². The van der Waals surface area contributed by atoms with E-state index in [0.29, 0.717) is 29.5 Å². The van der Waals surface area contributed by atoms with Crippen LogP contribution >= 0.6 is 0 Å². The zero-order chi connectivity index (χ0) is 14.5. The summed E-state index contributed by atoms with van der Waals surface area (Å²) in [5.41, 5.74) is 0.539. The zero-order valence-corrected chi connectivity index (χ0v) is 12.1. The summed E-state index contributed by atoms with van der Waals surface area (Å²) in [4.78, 5) is 0. The minimum Gasteiger partial charge on any atom is -0.454 e. The predicted octanol–water partition coefficient (Wildman–Crippen LogP) is 3.10. The predicted molar refractivity (Wildman–Crippen MR) is 76.2 cm³/mol. The maximum absolute atomic E-state index is 13.9. The van der Waals surface area contributed by atoms with Gasteiger partial charge in [0.25, 0.3) is 0 Å². The minimum atomic E-state index is -0.261. The molecule has 1 aromatic heterocycles. The van der Waals surface area contributed by atoms with Crippen LogP contribution in [0.4, 0.5) is 4.39 Å². The van der Waals surface area contributed by atoms with E-state index < -0.39 is 0 Å². The summed E-state index contributed by atoms with van der Waals surface area (Å²) in [7, 11) is 1.81. The highest BCUT2D eigenvalue weighted by molar-refractivity contribution is 5.37. The SMILES string of the molecule is CC(C)CNCc1c(F)cccc1Oc1cnn(C)c1. The second-order valence-electron chi connectivity index (χ2n) is 5.19. The molecule has 2 aromatic rings. The van der Waals surface area contributed by atoms with E-state index in [0.717, 1.165) is 6.54 Å². The summed E-state index contributed by atoms with van der Waals surface area (Å²) >= 11 is 0. The van der Waals surface area contributed by atoms with E-state index in [1.165, 1.54) is 6.07 Å². The number of nitrogens with one attached hydrogen (secondary N) is 1. The van der Waals surface area contributed by atoms with Crippen molar-refractivity contribution in [3.8, 4) is 11.5 Å². The number of ether oxygens (including phenoxy) is 1. The molecule has 1 aromatic carbocycles. The van der Waals surface area contributed by atoms with Crippen molar-refractivity contribution in [1.29, 1.82) is 0 Å². The maximum atomic E-state index is 13.9. The summed E-state index contributed by atoms with van der Waals surface area (Å²) in [5.74, 6) is 1.38. The topological polar surface area (TPSA) is 39.1 Å². The lowest BCUT2D eigenvalue weighted by Gasteiger charge is -2.12. The Balaban J connectivity index is 2.13. The number of benzene rings is 1. The first-order valence-electron chi connectivity index (χ1n) is 6.71. The number of hydrogen-bond donors (Lipinski definition) is 1. The average molecular weight is 277 g/mol. The second-order valence-corrected chi connectivity index (χ2v) is 5.19. The third-order valence-corrected chi connectivity index (χ3v) is 2.84. The highest BCUT2D eigenvalue weighted by Gasteiger charge is 2.11. The summed E-state index contributed by atoms with van der Waals surface area (Å²) in [6.07, 6.45) is 3.35. The molecule has 0 spiro atoms. The van der Waals surface area contributed by atoms with E-state index in [9.17, 15) is 4.39 Å². The number of aryl methyl sites for hydroxylation is 1. The van der Waals surface area contributed by atoms with Gasteiger partial charge in [0, 0.05) is 19.2 Å². The number of aromatic nitrogens is 2. The first kappa shape index (κ1) is 14.5. The molecule has 0 saturated carbocycles. The first-order chi connectivity index (χ1) is 9.56. The molecule has 2 rings (SSSR count). The lowest BCUT2D eigenvalue weighted by molar-refractivity contribution is 0.457. The van der Waals surface area contributed by atoms with Gasteiger partial charge >= 0.3 is 0 Å². The number of halogens is 1. The third-order valence-electron chi connectivity index (χ3n) is 2.84. The van der Waals surface area contributed by atoms with Crippen LogP contribution in [0.5, 0.6) is 11.5 Å². The Labute approximate surface area is 118 Å². The van der Waals surface area contributed by atoms with Crippen LogP contribution in [0, 0.1) is 11.7 Å². The van der Waals surface area contributed by atoms with Gasteiger partial charge in [-0.2, -0.15) is 5.10 Å². The van der Waals surface area contributed by atoms with Gasteiger partial charge in [-0.3, -0.25) is 4.68 Å². The van der Waals surface area contributed by atoms with Crippen LogP contribution in [0.25, 0.3) is 0 Å². The number of hydrogen-bond acceptors (Lipinski definition) is 3. The molecule has 108 valence electrons. The summed E-state index contributed by atoms with van der Waals surface area (Å²) in [6, 6.07) is 4.86. The zero-order valence-electron chi connectivity index (χ0n) is 12.1. The molecule has 0 amide bonds. The molecule has 0 aliphatic carbocycles. The van der Waals surface area contributed by atoms with Crippen molar-refractivity contribution in [3.63, 3.8) is 0 Å². The standard InChI is InChI=1S/C15H20FN3O/c1-11(2)7-17-9-13-14(16)5-4-6-15(13)20-12-8-18-19(3)10-12/h4-6,8,10-11,17H,7,9H2,1-3H3. The molecule has 0 bridgehead atoms. The quantitative estimate of drug-likeness (QED) is 0.882. The van der Waals surface area contributed by atoms with E-state index in [2.05, 4.69) is 24.3 Å². The van der Waals surface area contributed by atoms with E-state index in [-0.39, 0.29) is 5.82 Å². The highest BCUT2D eigenvalue weighted by atomic mass is 19.1. The number of rotatable bonds is 6. The van der Waals surface area contributed by atoms with E-state index >= 15 is 0 Å². The fourth-order valence-corrected chi connectivity index (χ4v) is 1.87. The van der Waals surface area contributed by atoms with Gasteiger partial charge in [-0.15, -0.1) is 0 Å². The van der Waals surface area contributed by atoms with Gasteiger partial charge in [-0.05, 0) is 24.6 Å². The Morgan fingerprint density at radius 1 is 1.40 bits per heavy atom. The fraction of sp³-hybridized carbons (Fsp3) is 0.400. The first-order valence-corrected chi connectivity index (χ1v) is 6.71. The Morgan fingerprint density at radius 3 is 2.85 bits per heavy atom. The van der Waals surface area contributed by atoms with Crippen LogP contribution in [-0.2, 0) is 13.6 Å². The van der Waals surface area contributed by atoms with Gasteiger partial charge in [0.15, 0.2) is 5.75 Å². The largest absolute Gasteiger partial charge is 0.454 e. The molecular weight excluding hydrogens is 257 g/mol. The molecule has 4 nitrogen and oxygen atoms in total. The molecule has 0 radical (unpaired) electrons. The van der Waals surface area contributed by atoms with Crippen LogP contribution in [-0.4, -0.2) is 16.3 Å². The van der Waals surface area contributed by atoms with Crippen LogP contribution in [0.3, 0.4) is 0 Å². The molecule has 0 atom stereocenters. The van der Waals surface area contributed by atoms with Gasteiger partial charge in [0.05, 0.1) is 12.4 Å². The van der Waals surface area contributed by atoms with Crippen molar-refractivity contribution in [2.45, 2.75) is 20.4 Å². The van der Waals surface area contributed by atoms with E-state index in [4.69, 9.17) is 4.74 Å². The molecular formula is C15H20FN3O. The van der Waals surface area contributed by atoms with Gasteiger partial charge in [0.1, 0.15) is 11.6 Å². The third kappa shape index (κ3) is 3.81. The molecule has 0 aliphatic heterocycles. The van der Waals surface area contributed by atoms with Crippen molar-refractivity contribution in [2.75, 3.05) is 6.54 Å². The summed E-state index contributed by atoms with van der Waals surface area (Å²) in [5, 5.41) is 7.27. The van der Waals surface area contributed by atoms with Crippen LogP contribution < -0.4 is 10.1 Å². The van der Waals surface area contributed by atoms with E-state index in [1.54, 1.807) is 29.2 Å². The Morgan fingerprint density at radius 2 is 2.20 bits per heavy atom. The van der Waals surface area contributed by atoms with Crippen molar-refractivity contribution in [2.24, 2.45) is 13.0 Å². The lowest BCUT2D eigenvalue weighted by atomic mass is 10.1. The second kappa shape index (κ2) is 6.52. The monoisotopic (exact) mass is 277 g/mol. The molecule has 5 heteroatoms. The number of nitrogens with zero attached hydrogens (tertiary/aromatic N) is 2. The van der Waals surface area contributed by atoms with Crippen molar-refractivity contribution >= 4 is 0 Å². The summed E-state index contributed by atoms with van der Waals surface area (Å²) in [6.45, 7) is 5.50. The molecule has 1 heterocycles. The molecule has 20 heavy (non-hydrogen) atoms. The van der Waals surface area contributed by atoms with Gasteiger partial charge < -0.3 is 10.1 Å². The minimum absolute atomic E-state index is 0.261. The maximum Gasteiger partial charge on any atom is 0.165 e. The Kier molecular flexibility index (Phi) is 4.74. The molecule has 0 aliphatic rings. The van der Waals surface area contributed by atoms with Crippen LogP contribution in [0.2, 0.25) is 0 Å². The van der Waals surface area contributed by atoms with Crippen LogP contribution in [0.15, 0.2) is 30.6 Å². The average Bonchev–Trinajstić information content (AvgIpc) is 2.78. The molecule has 0 fully saturated rings. The highest BCUT2D eigenvalue weighted by Crippen LogP contribution is 2.26. The smallest absolute Gasteiger partial charge is 0.165 e. The lowest BCUT2D eigenvalue weighted by Crippen LogP contribution is -2.20. The molecule has 0 saturated heterocycles.